The highest BCUT2D eigenvalue weighted by molar-refractivity contribution is 5.21. The van der Waals surface area contributed by atoms with Crippen molar-refractivity contribution in [3.63, 3.8) is 0 Å². The van der Waals surface area contributed by atoms with Crippen molar-refractivity contribution >= 4 is 0 Å². The zero-order valence-electron chi connectivity index (χ0n) is 23.1. The molecule has 4 nitrogen and oxygen atoms in total. The van der Waals surface area contributed by atoms with E-state index < -0.39 is 23.9 Å². The third-order valence-electron chi connectivity index (χ3n) is 12.3. The van der Waals surface area contributed by atoms with Crippen molar-refractivity contribution in [2.24, 2.45) is 45.3 Å². The molecule has 0 spiro atoms. The second kappa shape index (κ2) is 8.30. The summed E-state index contributed by atoms with van der Waals surface area (Å²) >= 11 is 0. The molecule has 0 saturated heterocycles. The highest BCUT2D eigenvalue weighted by Gasteiger charge is 2.72. The van der Waals surface area contributed by atoms with Crippen LogP contribution in [0.2, 0.25) is 0 Å². The molecule has 0 aromatic carbocycles. The fourth-order valence-corrected chi connectivity index (χ4v) is 10.5. The van der Waals surface area contributed by atoms with Gasteiger partial charge in [-0.05, 0) is 117 Å². The molecule has 0 bridgehead atoms. The van der Waals surface area contributed by atoms with E-state index in [1.807, 2.05) is 6.92 Å². The van der Waals surface area contributed by atoms with E-state index in [1.165, 1.54) is 5.57 Å². The molecule has 0 aromatic heterocycles. The van der Waals surface area contributed by atoms with Crippen LogP contribution < -0.4 is 0 Å². The molecular formula is C30H52O4. The summed E-state index contributed by atoms with van der Waals surface area (Å²) in [6.45, 7) is 17.5. The van der Waals surface area contributed by atoms with Crippen molar-refractivity contribution in [3.8, 4) is 0 Å². The van der Waals surface area contributed by atoms with Crippen molar-refractivity contribution in [3.05, 3.63) is 11.6 Å². The van der Waals surface area contributed by atoms with Crippen molar-refractivity contribution in [1.82, 2.24) is 0 Å². The first-order valence-corrected chi connectivity index (χ1v) is 13.9. The minimum Gasteiger partial charge on any atom is -0.393 e. The van der Waals surface area contributed by atoms with Crippen LogP contribution in [0.25, 0.3) is 0 Å². The molecule has 0 aromatic rings. The van der Waals surface area contributed by atoms with E-state index >= 15 is 0 Å². The van der Waals surface area contributed by atoms with Crippen LogP contribution >= 0.6 is 0 Å². The van der Waals surface area contributed by atoms with E-state index in [4.69, 9.17) is 0 Å². The molecule has 4 heteroatoms. The van der Waals surface area contributed by atoms with Crippen LogP contribution in [0.1, 0.15) is 107 Å². The lowest BCUT2D eigenvalue weighted by atomic mass is 9.34. The Morgan fingerprint density at radius 1 is 0.941 bits per heavy atom. The van der Waals surface area contributed by atoms with E-state index in [0.717, 1.165) is 51.4 Å². The van der Waals surface area contributed by atoms with E-state index in [-0.39, 0.29) is 39.4 Å². The third-order valence-corrected chi connectivity index (χ3v) is 12.3. The van der Waals surface area contributed by atoms with Crippen LogP contribution in [0.15, 0.2) is 11.6 Å². The minimum atomic E-state index is -0.810. The van der Waals surface area contributed by atoms with Gasteiger partial charge in [-0.3, -0.25) is 0 Å². The molecule has 0 amide bonds. The van der Waals surface area contributed by atoms with Crippen LogP contribution in [0, 0.1) is 45.3 Å². The summed E-state index contributed by atoms with van der Waals surface area (Å²) in [5.74, 6) is 0.442. The van der Waals surface area contributed by atoms with Gasteiger partial charge in [-0.1, -0.05) is 46.3 Å². The van der Waals surface area contributed by atoms with E-state index in [9.17, 15) is 20.4 Å². The van der Waals surface area contributed by atoms with Gasteiger partial charge in [-0.25, -0.2) is 0 Å². The lowest BCUT2D eigenvalue weighted by Crippen LogP contribution is -2.69. The standard InChI is InChI=1S/C30H52O4/c1-18(2)10-9-13-30(8,34)19-11-15-28(6)24(19)20(31)16-22-27(5)14-12-23(33)26(3,4)25(27)21(32)17-29(22,28)7/h10,19-25,31-34H,9,11-17H2,1-8H3/t19-,20-,21+,22-,23+,24+,25-,27-,28-,29-,30-/m1/s1. The van der Waals surface area contributed by atoms with Crippen LogP contribution in [-0.2, 0) is 0 Å². The fourth-order valence-electron chi connectivity index (χ4n) is 10.5. The second-order valence-electron chi connectivity index (χ2n) is 14.7. The molecule has 4 saturated carbocycles. The predicted octanol–water partition coefficient (Wildman–Crippen LogP) is 5.47. The molecule has 11 atom stereocenters. The zero-order valence-corrected chi connectivity index (χ0v) is 23.1. The van der Waals surface area contributed by atoms with E-state index in [0.29, 0.717) is 5.92 Å². The molecule has 4 rings (SSSR count). The molecule has 4 N–H and O–H groups in total. The Bertz CT molecular complexity index is 813. The van der Waals surface area contributed by atoms with Gasteiger partial charge in [-0.15, -0.1) is 0 Å². The highest BCUT2D eigenvalue weighted by Crippen LogP contribution is 2.75. The summed E-state index contributed by atoms with van der Waals surface area (Å²) in [4.78, 5) is 0. The van der Waals surface area contributed by atoms with Crippen molar-refractivity contribution < 1.29 is 20.4 Å². The van der Waals surface area contributed by atoms with E-state index in [1.54, 1.807) is 0 Å². The topological polar surface area (TPSA) is 80.9 Å². The molecule has 4 aliphatic carbocycles. The smallest absolute Gasteiger partial charge is 0.0654 e. The number of aliphatic hydroxyl groups excluding tert-OH is 3. The van der Waals surface area contributed by atoms with Crippen LogP contribution in [0.4, 0.5) is 0 Å². The van der Waals surface area contributed by atoms with Gasteiger partial charge in [0.25, 0.3) is 0 Å². The predicted molar refractivity (Wildman–Crippen MR) is 137 cm³/mol. The minimum absolute atomic E-state index is 0.0264. The Labute approximate surface area is 208 Å². The first-order valence-electron chi connectivity index (χ1n) is 13.9. The van der Waals surface area contributed by atoms with Gasteiger partial charge in [0, 0.05) is 0 Å². The number of hydrogen-bond donors (Lipinski definition) is 4. The maximum atomic E-state index is 11.8. The Kier molecular flexibility index (Phi) is 6.50. The summed E-state index contributed by atoms with van der Waals surface area (Å²) in [7, 11) is 0. The summed E-state index contributed by atoms with van der Waals surface area (Å²) in [6, 6.07) is 0. The first kappa shape index (κ1) is 26.6. The van der Waals surface area contributed by atoms with Gasteiger partial charge in [-0.2, -0.15) is 0 Å². The normalized spacial score (nSPS) is 51.6. The quantitative estimate of drug-likeness (QED) is 0.406. The van der Waals surface area contributed by atoms with Gasteiger partial charge >= 0.3 is 0 Å². The molecule has 0 radical (unpaired) electrons. The second-order valence-corrected chi connectivity index (χ2v) is 14.7. The molecule has 0 heterocycles. The van der Waals surface area contributed by atoms with E-state index in [2.05, 4.69) is 54.5 Å². The summed E-state index contributed by atoms with van der Waals surface area (Å²) in [6.07, 6.45) is 7.54. The molecule has 0 aliphatic heterocycles. The molecular weight excluding hydrogens is 424 g/mol. The Morgan fingerprint density at radius 3 is 2.21 bits per heavy atom. The molecule has 0 unspecified atom stereocenters. The number of rotatable bonds is 4. The van der Waals surface area contributed by atoms with Gasteiger partial charge in [0.1, 0.15) is 0 Å². The van der Waals surface area contributed by atoms with Crippen molar-refractivity contribution in [2.45, 2.75) is 131 Å². The Hall–Kier alpha value is -0.420. The maximum absolute atomic E-state index is 11.8. The Morgan fingerprint density at radius 2 is 1.59 bits per heavy atom. The molecule has 4 aliphatic rings. The summed E-state index contributed by atoms with van der Waals surface area (Å²) in [5.41, 5.74) is -0.230. The van der Waals surface area contributed by atoms with Gasteiger partial charge < -0.3 is 20.4 Å². The van der Waals surface area contributed by atoms with Gasteiger partial charge in [0.05, 0.1) is 23.9 Å². The zero-order chi connectivity index (χ0) is 25.5. The highest BCUT2D eigenvalue weighted by atomic mass is 16.3. The average Bonchev–Trinajstić information content (AvgIpc) is 3.07. The van der Waals surface area contributed by atoms with Gasteiger partial charge in [0.15, 0.2) is 0 Å². The van der Waals surface area contributed by atoms with Crippen molar-refractivity contribution in [2.75, 3.05) is 0 Å². The third kappa shape index (κ3) is 3.60. The largest absolute Gasteiger partial charge is 0.393 e. The lowest BCUT2D eigenvalue weighted by molar-refractivity contribution is -0.274. The number of allylic oxidation sites excluding steroid dienone is 2. The fraction of sp³-hybridized carbons (Fsp3) is 0.933. The van der Waals surface area contributed by atoms with Crippen molar-refractivity contribution in [1.29, 1.82) is 0 Å². The van der Waals surface area contributed by atoms with Crippen LogP contribution in [0.5, 0.6) is 0 Å². The molecule has 4 fully saturated rings. The maximum Gasteiger partial charge on any atom is 0.0654 e. The number of aliphatic hydroxyl groups is 4. The van der Waals surface area contributed by atoms with Gasteiger partial charge in [0.2, 0.25) is 0 Å². The molecule has 196 valence electrons. The Balaban J connectivity index is 1.70. The average molecular weight is 477 g/mol. The monoisotopic (exact) mass is 476 g/mol. The SMILES string of the molecule is CC(C)=CCC[C@@](C)(O)[C@@H]1CC[C@]2(C)[C@@H]1[C@H](O)C[C@@H]1[C@@]3(C)CC[C@H](O)C(C)(C)[C@H]3[C@@H](O)C[C@]12C. The lowest BCUT2D eigenvalue weighted by Gasteiger charge is -2.71. The number of hydrogen-bond acceptors (Lipinski definition) is 4. The van der Waals surface area contributed by atoms with Crippen LogP contribution in [0.3, 0.4) is 0 Å². The number of fused-ring (bicyclic) bond motifs is 5. The summed E-state index contributed by atoms with van der Waals surface area (Å²) in [5, 5.41) is 46.0. The molecule has 34 heavy (non-hydrogen) atoms. The summed E-state index contributed by atoms with van der Waals surface area (Å²) < 4.78 is 0. The first-order chi connectivity index (χ1) is 15.5. The van der Waals surface area contributed by atoms with Crippen LogP contribution in [-0.4, -0.2) is 44.3 Å².